The van der Waals surface area contributed by atoms with E-state index >= 15 is 4.39 Å². The molecule has 0 radical (unpaired) electrons. The first-order valence-corrected chi connectivity index (χ1v) is 11.1. The molecule has 0 amide bonds. The first-order chi connectivity index (χ1) is 14.8. The number of thioether (sulfide) groups is 1. The molecule has 1 aromatic carbocycles. The topological polar surface area (TPSA) is 101 Å². The first-order valence-electron chi connectivity index (χ1n) is 10.3. The molecule has 2 heterocycles. The van der Waals surface area contributed by atoms with Crippen LogP contribution in [0.3, 0.4) is 0 Å². The smallest absolute Gasteiger partial charge is 0.173 e. The van der Waals surface area contributed by atoms with Gasteiger partial charge in [-0.15, -0.1) is 0 Å². The number of hydrogen-bond donors (Lipinski definition) is 4. The molecule has 0 atom stereocenters. The molecule has 0 aliphatic carbocycles. The van der Waals surface area contributed by atoms with Crippen LogP contribution in [-0.4, -0.2) is 56.6 Å². The van der Waals surface area contributed by atoms with E-state index in [1.807, 2.05) is 4.90 Å². The number of halogens is 2. The van der Waals surface area contributed by atoms with Crippen LogP contribution in [0.25, 0.3) is 11.1 Å². The Hall–Kier alpha value is -2.46. The van der Waals surface area contributed by atoms with E-state index in [4.69, 9.17) is 15.6 Å². The number of piperidine rings is 1. The van der Waals surface area contributed by atoms with Gasteiger partial charge in [-0.05, 0) is 58.4 Å². The minimum absolute atomic E-state index is 0.0130. The van der Waals surface area contributed by atoms with E-state index in [1.54, 1.807) is 7.05 Å². The predicted molar refractivity (Wildman–Crippen MR) is 125 cm³/mol. The van der Waals surface area contributed by atoms with Crippen molar-refractivity contribution in [1.29, 1.82) is 10.8 Å². The van der Waals surface area contributed by atoms with Crippen molar-refractivity contribution in [3.05, 3.63) is 35.7 Å². The highest BCUT2D eigenvalue weighted by atomic mass is 32.2. The van der Waals surface area contributed by atoms with Crippen molar-refractivity contribution in [2.75, 3.05) is 14.2 Å². The van der Waals surface area contributed by atoms with Crippen molar-refractivity contribution in [1.82, 2.24) is 20.4 Å². The Morgan fingerprint density at radius 3 is 2.34 bits per heavy atom. The maximum atomic E-state index is 15.0. The molecule has 1 fully saturated rings. The Kier molecular flexibility index (Phi) is 6.67. The monoisotopic (exact) mass is 464 g/mol. The van der Waals surface area contributed by atoms with E-state index in [2.05, 4.69) is 43.2 Å². The molecule has 4 N–H and O–H groups in total. The summed E-state index contributed by atoms with van der Waals surface area (Å²) in [5.41, 5.74) is -0.164. The maximum absolute atomic E-state index is 15.0. The van der Waals surface area contributed by atoms with Crippen molar-refractivity contribution >= 4 is 22.0 Å². The highest BCUT2D eigenvalue weighted by molar-refractivity contribution is 8.26. The van der Waals surface area contributed by atoms with Gasteiger partial charge in [0.25, 0.3) is 0 Å². The molecule has 0 saturated carbocycles. The van der Waals surface area contributed by atoms with Crippen LogP contribution in [0.5, 0.6) is 5.75 Å². The summed E-state index contributed by atoms with van der Waals surface area (Å²) in [7, 11) is 3.14. The second-order valence-electron chi connectivity index (χ2n) is 9.42. The van der Waals surface area contributed by atoms with Crippen LogP contribution in [0.1, 0.15) is 46.1 Å². The van der Waals surface area contributed by atoms with E-state index in [0.29, 0.717) is 5.56 Å². The summed E-state index contributed by atoms with van der Waals surface area (Å²) in [6.07, 6.45) is 4.46. The number of H-pyrrole nitrogens is 1. The number of aromatic nitrogens is 2. The molecule has 32 heavy (non-hydrogen) atoms. The Labute approximate surface area is 191 Å². The quantitative estimate of drug-likeness (QED) is 0.391. The molecule has 1 saturated heterocycles. The Bertz CT molecular complexity index is 1010. The van der Waals surface area contributed by atoms with Crippen LogP contribution >= 0.6 is 11.8 Å². The number of ether oxygens (including phenoxy) is 1. The second kappa shape index (κ2) is 8.82. The lowest BCUT2D eigenvalue weighted by molar-refractivity contribution is 0.114. The number of methoxy groups -OCH3 is 1. The average molecular weight is 465 g/mol. The predicted octanol–water partition coefficient (Wildman–Crippen LogP) is 4.60. The van der Waals surface area contributed by atoms with Crippen LogP contribution < -0.4 is 10.1 Å². The molecule has 3 rings (SSSR count). The second-order valence-corrected chi connectivity index (χ2v) is 10.4. The van der Waals surface area contributed by atoms with Gasteiger partial charge in [-0.1, -0.05) is 0 Å². The zero-order chi connectivity index (χ0) is 23.8. The fourth-order valence-corrected chi connectivity index (χ4v) is 5.29. The molecular formula is C22H30F2N6OS. The first kappa shape index (κ1) is 24.2. The highest BCUT2D eigenvalue weighted by Crippen LogP contribution is 2.36. The van der Waals surface area contributed by atoms with E-state index in [1.165, 1.54) is 25.6 Å². The van der Waals surface area contributed by atoms with Crippen molar-refractivity contribution in [3.63, 3.8) is 0 Å². The summed E-state index contributed by atoms with van der Waals surface area (Å²) in [5, 5.41) is 26.7. The van der Waals surface area contributed by atoms with Crippen LogP contribution in [0.4, 0.5) is 8.78 Å². The number of benzene rings is 1. The third kappa shape index (κ3) is 4.96. The van der Waals surface area contributed by atoms with Gasteiger partial charge in [-0.3, -0.25) is 15.9 Å². The standard InChI is InChI=1S/C22H30F2N6OS/c1-21(2)8-13(9-22(3,4)29-21)30(5)20(26)32-19(25)16-15(31-6)7-14(17(23)18(16)24)12-10-27-28-11-12/h7,10-11,13,25-26,29H,8-9H2,1-6H3,(H,27,28). The minimum atomic E-state index is -1.18. The molecule has 0 unspecified atom stereocenters. The molecule has 10 heteroatoms. The van der Waals surface area contributed by atoms with Crippen molar-refractivity contribution in [3.8, 4) is 16.9 Å². The van der Waals surface area contributed by atoms with E-state index in [-0.39, 0.29) is 44.2 Å². The lowest BCUT2D eigenvalue weighted by Crippen LogP contribution is -2.62. The summed E-state index contributed by atoms with van der Waals surface area (Å²) in [4.78, 5) is 1.81. The van der Waals surface area contributed by atoms with Gasteiger partial charge >= 0.3 is 0 Å². The number of rotatable bonds is 4. The van der Waals surface area contributed by atoms with Gasteiger partial charge in [0, 0.05) is 41.5 Å². The molecular weight excluding hydrogens is 434 g/mol. The van der Waals surface area contributed by atoms with Crippen molar-refractivity contribution in [2.24, 2.45) is 0 Å². The molecule has 1 aliphatic rings. The molecule has 174 valence electrons. The SMILES string of the molecule is COc1cc(-c2cn[nH]c2)c(F)c(F)c1C(=N)SC(=N)N(C)C1CC(C)(C)NC(C)(C)C1. The van der Waals surface area contributed by atoms with Gasteiger partial charge in [0.1, 0.15) is 10.8 Å². The molecule has 0 bridgehead atoms. The number of amidine groups is 1. The largest absolute Gasteiger partial charge is 0.496 e. The van der Waals surface area contributed by atoms with Gasteiger partial charge in [-0.2, -0.15) is 5.10 Å². The minimum Gasteiger partial charge on any atom is -0.496 e. The van der Waals surface area contributed by atoms with Crippen molar-refractivity contribution < 1.29 is 13.5 Å². The van der Waals surface area contributed by atoms with Gasteiger partial charge < -0.3 is 15.0 Å². The zero-order valence-corrected chi connectivity index (χ0v) is 20.0. The number of nitrogens with zero attached hydrogens (tertiary/aromatic N) is 2. The molecule has 0 spiro atoms. The summed E-state index contributed by atoms with van der Waals surface area (Å²) >= 11 is 0.777. The van der Waals surface area contributed by atoms with Crippen LogP contribution in [0.2, 0.25) is 0 Å². The zero-order valence-electron chi connectivity index (χ0n) is 19.2. The van der Waals surface area contributed by atoms with Crippen molar-refractivity contribution in [2.45, 2.75) is 57.7 Å². The lowest BCUT2D eigenvalue weighted by atomic mass is 9.79. The van der Waals surface area contributed by atoms with Gasteiger partial charge in [0.15, 0.2) is 16.8 Å². The molecule has 1 aliphatic heterocycles. The Morgan fingerprint density at radius 1 is 1.19 bits per heavy atom. The molecule has 1 aromatic heterocycles. The van der Waals surface area contributed by atoms with Crippen LogP contribution in [-0.2, 0) is 0 Å². The fraction of sp³-hybridized carbons (Fsp3) is 0.500. The van der Waals surface area contributed by atoms with E-state index in [9.17, 15) is 4.39 Å². The van der Waals surface area contributed by atoms with E-state index in [0.717, 1.165) is 24.6 Å². The highest BCUT2D eigenvalue weighted by Gasteiger charge is 2.40. The average Bonchev–Trinajstić information content (AvgIpc) is 3.21. The summed E-state index contributed by atoms with van der Waals surface area (Å²) in [6, 6.07) is 1.42. The van der Waals surface area contributed by atoms with Gasteiger partial charge in [0.05, 0.1) is 18.9 Å². The van der Waals surface area contributed by atoms with Crippen LogP contribution in [0, 0.1) is 22.5 Å². The summed E-state index contributed by atoms with van der Waals surface area (Å²) < 4.78 is 35.1. The van der Waals surface area contributed by atoms with Gasteiger partial charge in [0.2, 0.25) is 0 Å². The third-order valence-corrected chi connectivity index (χ3v) is 6.55. The number of nitrogens with one attached hydrogen (secondary N) is 4. The number of hydrogen-bond acceptors (Lipinski definition) is 6. The molecule has 2 aromatic rings. The Morgan fingerprint density at radius 2 is 1.81 bits per heavy atom. The lowest BCUT2D eigenvalue weighted by Gasteiger charge is -2.49. The molecule has 7 nitrogen and oxygen atoms in total. The summed E-state index contributed by atoms with van der Waals surface area (Å²) in [5.74, 6) is -2.25. The van der Waals surface area contributed by atoms with E-state index < -0.39 is 11.6 Å². The third-order valence-electron chi connectivity index (χ3n) is 5.66. The maximum Gasteiger partial charge on any atom is 0.173 e. The van der Waals surface area contributed by atoms with Gasteiger partial charge in [-0.25, -0.2) is 8.78 Å². The Balaban J connectivity index is 1.84. The number of aromatic amines is 1. The van der Waals surface area contributed by atoms with Crippen LogP contribution in [0.15, 0.2) is 18.5 Å². The normalized spacial score (nSPS) is 17.8. The fourth-order valence-electron chi connectivity index (χ4n) is 4.51. The summed E-state index contributed by atoms with van der Waals surface area (Å²) in [6.45, 7) is 8.49.